The van der Waals surface area contributed by atoms with Gasteiger partial charge in [-0.05, 0) is 42.4 Å². The molecule has 2 aliphatic heterocycles. The van der Waals surface area contributed by atoms with Gasteiger partial charge in [-0.2, -0.15) is 0 Å². The van der Waals surface area contributed by atoms with E-state index in [0.29, 0.717) is 35.3 Å². The normalized spacial score (nSPS) is 21.8. The number of nitrogens with one attached hydrogen (secondary N) is 1. The zero-order valence-corrected chi connectivity index (χ0v) is 19.2. The van der Waals surface area contributed by atoms with Crippen molar-refractivity contribution in [2.45, 2.75) is 59.8 Å². The Kier molecular flexibility index (Phi) is 7.52. The molecule has 31 heavy (non-hydrogen) atoms. The third kappa shape index (κ3) is 5.35. The van der Waals surface area contributed by atoms with Crippen LogP contribution in [0.3, 0.4) is 0 Å². The Hall–Kier alpha value is -2.63. The van der Waals surface area contributed by atoms with Gasteiger partial charge in [0.1, 0.15) is 5.70 Å². The van der Waals surface area contributed by atoms with Gasteiger partial charge < -0.3 is 10.2 Å². The molecule has 2 unspecified atom stereocenters. The predicted octanol–water partition coefficient (Wildman–Crippen LogP) is 4.28. The third-order valence-corrected chi connectivity index (χ3v) is 6.06. The summed E-state index contributed by atoms with van der Waals surface area (Å²) in [5.74, 6) is 0.440. The van der Waals surface area contributed by atoms with Gasteiger partial charge in [0.15, 0.2) is 0 Å². The minimum absolute atomic E-state index is 0.144. The Bertz CT molecular complexity index is 849. The molecule has 1 aromatic carbocycles. The van der Waals surface area contributed by atoms with Crippen LogP contribution < -0.4 is 5.32 Å². The highest BCUT2D eigenvalue weighted by atomic mass is 16.2. The first-order chi connectivity index (χ1) is 14.8. The van der Waals surface area contributed by atoms with E-state index in [1.54, 1.807) is 12.1 Å². The Balaban J connectivity index is 1.94. The fraction of sp³-hybridized carbons (Fsp3) is 0.560. The molecule has 0 aromatic heterocycles. The molecule has 1 aromatic rings. The van der Waals surface area contributed by atoms with Crippen molar-refractivity contribution in [3.63, 3.8) is 0 Å². The van der Waals surface area contributed by atoms with Crippen LogP contribution in [-0.2, 0) is 14.4 Å². The predicted molar refractivity (Wildman–Crippen MR) is 123 cm³/mol. The molecule has 3 amide bonds. The zero-order chi connectivity index (χ0) is 22.5. The third-order valence-electron chi connectivity index (χ3n) is 6.06. The van der Waals surface area contributed by atoms with E-state index >= 15 is 0 Å². The molecule has 0 bridgehead atoms. The number of rotatable bonds is 8. The van der Waals surface area contributed by atoms with Gasteiger partial charge in [0.25, 0.3) is 11.8 Å². The highest BCUT2D eigenvalue weighted by molar-refractivity contribution is 6.35. The Labute approximate surface area is 185 Å². The first-order valence-electron chi connectivity index (χ1n) is 11.5. The summed E-state index contributed by atoms with van der Waals surface area (Å²) in [6, 6.07) is 7.21. The topological polar surface area (TPSA) is 69.7 Å². The van der Waals surface area contributed by atoms with Crippen LogP contribution in [0.5, 0.6) is 0 Å². The lowest BCUT2D eigenvalue weighted by Gasteiger charge is -2.37. The molecule has 2 atom stereocenters. The highest BCUT2D eigenvalue weighted by Gasteiger charge is 2.42. The van der Waals surface area contributed by atoms with E-state index in [9.17, 15) is 14.4 Å². The zero-order valence-electron chi connectivity index (χ0n) is 19.2. The standard InChI is InChI=1S/C25H35N3O3/c1-5-6-7-8-13-28-24(30)22(20-9-11-21(12-10-20)26-19(4)29)23(25(28)31)27-15-17(2)14-18(3)16-27/h9-12,17-18H,5-8,13-16H2,1-4H3,(H,26,29). The molecule has 168 valence electrons. The lowest BCUT2D eigenvalue weighted by atomic mass is 9.91. The average molecular weight is 426 g/mol. The first kappa shape index (κ1) is 23.0. The van der Waals surface area contributed by atoms with Crippen molar-refractivity contribution in [2.24, 2.45) is 11.8 Å². The molecule has 1 N–H and O–H groups in total. The Morgan fingerprint density at radius 2 is 1.65 bits per heavy atom. The number of anilines is 1. The molecule has 0 radical (unpaired) electrons. The van der Waals surface area contributed by atoms with Crippen molar-refractivity contribution in [2.75, 3.05) is 25.0 Å². The summed E-state index contributed by atoms with van der Waals surface area (Å²) in [6.45, 7) is 10.1. The largest absolute Gasteiger partial charge is 0.366 e. The van der Waals surface area contributed by atoms with Gasteiger partial charge in [0, 0.05) is 32.2 Å². The molecule has 2 aliphatic rings. The maximum atomic E-state index is 13.4. The van der Waals surface area contributed by atoms with E-state index in [2.05, 4.69) is 31.0 Å². The van der Waals surface area contributed by atoms with E-state index < -0.39 is 0 Å². The van der Waals surface area contributed by atoms with Crippen LogP contribution in [0.1, 0.15) is 65.4 Å². The van der Waals surface area contributed by atoms with Crippen LogP contribution in [0.2, 0.25) is 0 Å². The summed E-state index contributed by atoms with van der Waals surface area (Å²) >= 11 is 0. The van der Waals surface area contributed by atoms with E-state index in [1.165, 1.54) is 11.8 Å². The highest BCUT2D eigenvalue weighted by Crippen LogP contribution is 2.35. The molecule has 2 heterocycles. The number of piperidine rings is 1. The van der Waals surface area contributed by atoms with E-state index in [1.807, 2.05) is 12.1 Å². The van der Waals surface area contributed by atoms with Crippen LogP contribution >= 0.6 is 0 Å². The average Bonchev–Trinajstić information content (AvgIpc) is 2.95. The fourth-order valence-corrected chi connectivity index (χ4v) is 4.79. The maximum absolute atomic E-state index is 13.4. The molecular weight excluding hydrogens is 390 g/mol. The molecule has 3 rings (SSSR count). The van der Waals surface area contributed by atoms with E-state index in [0.717, 1.165) is 50.8 Å². The number of benzene rings is 1. The van der Waals surface area contributed by atoms with Crippen LogP contribution in [0.4, 0.5) is 5.69 Å². The van der Waals surface area contributed by atoms with Crippen LogP contribution in [0, 0.1) is 11.8 Å². The summed E-state index contributed by atoms with van der Waals surface area (Å²) in [5, 5.41) is 2.75. The summed E-state index contributed by atoms with van der Waals surface area (Å²) in [4.78, 5) is 41.7. The number of likely N-dealkylation sites (tertiary alicyclic amines) is 1. The number of nitrogens with zero attached hydrogens (tertiary/aromatic N) is 2. The monoisotopic (exact) mass is 425 g/mol. The number of amides is 3. The van der Waals surface area contributed by atoms with Crippen molar-refractivity contribution in [1.29, 1.82) is 0 Å². The second-order valence-electron chi connectivity index (χ2n) is 9.16. The lowest BCUT2D eigenvalue weighted by molar-refractivity contribution is -0.137. The van der Waals surface area contributed by atoms with Crippen molar-refractivity contribution in [3.05, 3.63) is 35.5 Å². The Morgan fingerprint density at radius 3 is 2.23 bits per heavy atom. The number of carbonyl (C=O) groups is 3. The summed E-state index contributed by atoms with van der Waals surface area (Å²) in [6.07, 6.45) is 5.20. The smallest absolute Gasteiger partial charge is 0.277 e. The van der Waals surface area contributed by atoms with Gasteiger partial charge in [0.2, 0.25) is 5.91 Å². The summed E-state index contributed by atoms with van der Waals surface area (Å²) in [7, 11) is 0. The Morgan fingerprint density at radius 1 is 1.00 bits per heavy atom. The minimum atomic E-state index is -0.199. The van der Waals surface area contributed by atoms with Crippen molar-refractivity contribution in [1.82, 2.24) is 9.80 Å². The summed E-state index contributed by atoms with van der Waals surface area (Å²) in [5.41, 5.74) is 2.44. The SMILES string of the molecule is CCCCCCN1C(=O)C(c2ccc(NC(C)=O)cc2)=C(N2CC(C)CC(C)C2)C1=O. The number of hydrogen-bond acceptors (Lipinski definition) is 4. The number of imide groups is 1. The van der Waals surface area contributed by atoms with Gasteiger partial charge in [0.05, 0.1) is 5.57 Å². The van der Waals surface area contributed by atoms with Gasteiger partial charge in [-0.1, -0.05) is 52.2 Å². The molecule has 0 saturated carbocycles. The summed E-state index contributed by atoms with van der Waals surface area (Å²) < 4.78 is 0. The number of hydrogen-bond donors (Lipinski definition) is 1. The van der Waals surface area contributed by atoms with Crippen molar-refractivity contribution < 1.29 is 14.4 Å². The molecule has 0 spiro atoms. The minimum Gasteiger partial charge on any atom is -0.366 e. The molecule has 1 fully saturated rings. The maximum Gasteiger partial charge on any atom is 0.277 e. The van der Waals surface area contributed by atoms with Crippen LogP contribution in [0.25, 0.3) is 5.57 Å². The molecule has 1 saturated heterocycles. The molecular formula is C25H35N3O3. The molecule has 6 nitrogen and oxygen atoms in total. The fourth-order valence-electron chi connectivity index (χ4n) is 4.79. The quantitative estimate of drug-likeness (QED) is 0.498. The number of unbranched alkanes of at least 4 members (excludes halogenated alkanes) is 3. The van der Waals surface area contributed by atoms with Crippen molar-refractivity contribution in [3.8, 4) is 0 Å². The lowest BCUT2D eigenvalue weighted by Crippen LogP contribution is -2.42. The molecule has 6 heteroatoms. The van der Waals surface area contributed by atoms with Gasteiger partial charge in [-0.15, -0.1) is 0 Å². The first-order valence-corrected chi connectivity index (χ1v) is 11.5. The second kappa shape index (κ2) is 10.1. The van der Waals surface area contributed by atoms with Gasteiger partial charge >= 0.3 is 0 Å². The van der Waals surface area contributed by atoms with E-state index in [4.69, 9.17) is 0 Å². The second-order valence-corrected chi connectivity index (χ2v) is 9.16. The van der Waals surface area contributed by atoms with Gasteiger partial charge in [-0.25, -0.2) is 0 Å². The van der Waals surface area contributed by atoms with Gasteiger partial charge in [-0.3, -0.25) is 19.3 Å². The van der Waals surface area contributed by atoms with Crippen LogP contribution in [0.15, 0.2) is 30.0 Å². The van der Waals surface area contributed by atoms with Crippen molar-refractivity contribution >= 4 is 29.0 Å². The molecule has 0 aliphatic carbocycles. The van der Waals surface area contributed by atoms with Crippen LogP contribution in [-0.4, -0.2) is 47.2 Å². The number of carbonyl (C=O) groups excluding carboxylic acids is 3. The van der Waals surface area contributed by atoms with E-state index in [-0.39, 0.29) is 17.7 Å².